The lowest BCUT2D eigenvalue weighted by molar-refractivity contribution is 0.0657. The van der Waals surface area contributed by atoms with Crippen LogP contribution in [0, 0.1) is 0 Å². The van der Waals surface area contributed by atoms with Gasteiger partial charge in [-0.25, -0.2) is 4.99 Å². The van der Waals surface area contributed by atoms with Crippen molar-refractivity contribution in [3.8, 4) is 0 Å². The van der Waals surface area contributed by atoms with Crippen LogP contribution in [0.3, 0.4) is 0 Å². The molecule has 0 saturated carbocycles. The number of rotatable bonds is 5. The number of guanidine groups is 1. The second-order valence-electron chi connectivity index (χ2n) is 6.06. The van der Waals surface area contributed by atoms with E-state index in [1.807, 2.05) is 6.92 Å². The van der Waals surface area contributed by atoms with Gasteiger partial charge in [0.15, 0.2) is 17.5 Å². The van der Waals surface area contributed by atoms with E-state index in [-0.39, 0.29) is 11.7 Å². The molecule has 1 fully saturated rings. The van der Waals surface area contributed by atoms with E-state index in [4.69, 9.17) is 14.6 Å². The Balaban J connectivity index is 1.60. The Kier molecular flexibility index (Phi) is 5.80. The summed E-state index contributed by atoms with van der Waals surface area (Å²) in [5.41, 5.74) is 5.19. The summed E-state index contributed by atoms with van der Waals surface area (Å²) >= 11 is 0. The maximum Gasteiger partial charge on any atom is 0.289 e. The molecule has 27 heavy (non-hydrogen) atoms. The normalized spacial score (nSPS) is 15.1. The number of nitrogens with two attached hydrogens (primary N) is 1. The lowest BCUT2D eigenvalue weighted by Gasteiger charge is -2.36. The van der Waals surface area contributed by atoms with Crippen LogP contribution in [0.25, 0.3) is 0 Å². The largest absolute Gasteiger partial charge is 0.459 e. The molecular formula is C18H23N5O4. The van der Waals surface area contributed by atoms with Crippen molar-refractivity contribution >= 4 is 17.8 Å². The smallest absolute Gasteiger partial charge is 0.289 e. The maximum absolute atomic E-state index is 12.3. The van der Waals surface area contributed by atoms with Crippen LogP contribution in [0.4, 0.5) is 0 Å². The van der Waals surface area contributed by atoms with Crippen molar-refractivity contribution in [2.45, 2.75) is 13.5 Å². The van der Waals surface area contributed by atoms with Crippen LogP contribution in [-0.2, 0) is 6.54 Å². The Bertz CT molecular complexity index is 804. The summed E-state index contributed by atoms with van der Waals surface area (Å²) in [5, 5.41) is 3.24. The second-order valence-corrected chi connectivity index (χ2v) is 6.06. The molecule has 144 valence electrons. The summed E-state index contributed by atoms with van der Waals surface area (Å²) in [5.74, 6) is 1.07. The van der Waals surface area contributed by atoms with Gasteiger partial charge in [-0.1, -0.05) is 0 Å². The van der Waals surface area contributed by atoms with Crippen LogP contribution in [0.5, 0.6) is 0 Å². The second kappa shape index (κ2) is 8.43. The van der Waals surface area contributed by atoms with Crippen molar-refractivity contribution in [2.24, 2.45) is 10.7 Å². The Hall–Kier alpha value is -3.23. The lowest BCUT2D eigenvalue weighted by atomic mass is 10.3. The molecule has 0 unspecified atom stereocenters. The molecule has 0 radical (unpaired) electrons. The summed E-state index contributed by atoms with van der Waals surface area (Å²) in [4.78, 5) is 31.9. The molecule has 1 aliphatic heterocycles. The number of carbonyl (C=O) groups excluding carboxylic acids is 2. The lowest BCUT2D eigenvalue weighted by Crippen LogP contribution is -2.53. The van der Waals surface area contributed by atoms with Gasteiger partial charge in [0.1, 0.15) is 12.3 Å². The number of carbonyl (C=O) groups is 2. The number of aliphatic imine (C=N–C) groups is 1. The topological polar surface area (TPSA) is 117 Å². The van der Waals surface area contributed by atoms with E-state index in [0.29, 0.717) is 44.2 Å². The van der Waals surface area contributed by atoms with E-state index in [9.17, 15) is 9.59 Å². The van der Waals surface area contributed by atoms with Gasteiger partial charge >= 0.3 is 0 Å². The Morgan fingerprint density at radius 2 is 1.89 bits per heavy atom. The van der Waals surface area contributed by atoms with E-state index in [0.717, 1.165) is 12.5 Å². The quantitative estimate of drug-likeness (QED) is 0.594. The van der Waals surface area contributed by atoms with Gasteiger partial charge in [-0.05, 0) is 31.2 Å². The Morgan fingerprint density at radius 3 is 2.48 bits per heavy atom. The minimum atomic E-state index is -0.602. The minimum absolute atomic E-state index is 0.101. The van der Waals surface area contributed by atoms with Crippen molar-refractivity contribution in [1.82, 2.24) is 15.1 Å². The van der Waals surface area contributed by atoms with Crippen molar-refractivity contribution in [3.63, 3.8) is 0 Å². The van der Waals surface area contributed by atoms with Gasteiger partial charge in [0.2, 0.25) is 0 Å². The van der Waals surface area contributed by atoms with Crippen molar-refractivity contribution in [1.29, 1.82) is 0 Å². The van der Waals surface area contributed by atoms with Crippen LogP contribution >= 0.6 is 0 Å². The molecule has 0 spiro atoms. The highest BCUT2D eigenvalue weighted by atomic mass is 16.4. The highest BCUT2D eigenvalue weighted by Crippen LogP contribution is 2.11. The molecule has 3 heterocycles. The first-order valence-electron chi connectivity index (χ1n) is 8.83. The number of amides is 2. The fourth-order valence-corrected chi connectivity index (χ4v) is 2.85. The third-order valence-electron chi connectivity index (χ3n) is 4.22. The van der Waals surface area contributed by atoms with Crippen LogP contribution in [-0.4, -0.2) is 60.3 Å². The zero-order valence-electron chi connectivity index (χ0n) is 15.2. The van der Waals surface area contributed by atoms with Gasteiger partial charge in [0, 0.05) is 32.7 Å². The van der Waals surface area contributed by atoms with Gasteiger partial charge in [-0.2, -0.15) is 0 Å². The third kappa shape index (κ3) is 4.49. The molecule has 9 heteroatoms. The highest BCUT2D eigenvalue weighted by Gasteiger charge is 2.25. The van der Waals surface area contributed by atoms with Gasteiger partial charge in [0.25, 0.3) is 11.8 Å². The average molecular weight is 373 g/mol. The van der Waals surface area contributed by atoms with E-state index in [2.05, 4.69) is 15.2 Å². The summed E-state index contributed by atoms with van der Waals surface area (Å²) in [7, 11) is 0. The maximum atomic E-state index is 12.3. The highest BCUT2D eigenvalue weighted by molar-refractivity contribution is 5.91. The Morgan fingerprint density at radius 1 is 1.15 bits per heavy atom. The van der Waals surface area contributed by atoms with Crippen LogP contribution in [0.2, 0.25) is 0 Å². The summed E-state index contributed by atoms with van der Waals surface area (Å²) in [6.45, 7) is 5.47. The van der Waals surface area contributed by atoms with E-state index >= 15 is 0 Å². The number of furan rings is 2. The molecule has 1 saturated heterocycles. The number of nitrogens with zero attached hydrogens (tertiary/aromatic N) is 3. The molecule has 0 bridgehead atoms. The molecular weight excluding hydrogens is 350 g/mol. The monoisotopic (exact) mass is 373 g/mol. The molecule has 3 rings (SSSR count). The predicted molar refractivity (Wildman–Crippen MR) is 98.2 cm³/mol. The summed E-state index contributed by atoms with van der Waals surface area (Å²) < 4.78 is 10.5. The van der Waals surface area contributed by atoms with Gasteiger partial charge in [-0.15, -0.1) is 0 Å². The fraction of sp³-hybridized carbons (Fsp3) is 0.389. The molecule has 0 atom stereocenters. The molecule has 1 aliphatic rings. The van der Waals surface area contributed by atoms with E-state index < -0.39 is 5.91 Å². The number of primary amides is 1. The molecule has 9 nitrogen and oxygen atoms in total. The third-order valence-corrected chi connectivity index (χ3v) is 4.22. The van der Waals surface area contributed by atoms with Gasteiger partial charge in [-0.3, -0.25) is 9.59 Å². The molecule has 0 aromatic carbocycles. The molecule has 2 aromatic rings. The first-order chi connectivity index (χ1) is 13.1. The van der Waals surface area contributed by atoms with Crippen molar-refractivity contribution in [3.05, 3.63) is 47.8 Å². The van der Waals surface area contributed by atoms with Crippen LogP contribution in [0.15, 0.2) is 44.4 Å². The standard InChI is InChI=1S/C18H23N5O4/c1-2-20-18(21-12-13-5-6-14(27-13)16(19)24)23-9-7-22(8-10-23)17(25)15-4-3-11-26-15/h3-6,11H,2,7-10,12H2,1H3,(H2,19,24)(H,20,21). The zero-order valence-corrected chi connectivity index (χ0v) is 15.2. The molecule has 2 aromatic heterocycles. The van der Waals surface area contributed by atoms with Crippen molar-refractivity contribution in [2.75, 3.05) is 32.7 Å². The number of piperazine rings is 1. The molecule has 2 amide bonds. The number of hydrogen-bond donors (Lipinski definition) is 2. The predicted octanol–water partition coefficient (Wildman–Crippen LogP) is 0.895. The fourth-order valence-electron chi connectivity index (χ4n) is 2.85. The molecule has 0 aliphatic carbocycles. The van der Waals surface area contributed by atoms with E-state index in [1.165, 1.54) is 6.26 Å². The van der Waals surface area contributed by atoms with E-state index in [1.54, 1.807) is 29.2 Å². The number of hydrogen-bond acceptors (Lipinski definition) is 5. The zero-order chi connectivity index (χ0) is 19.2. The molecule has 3 N–H and O–H groups in total. The van der Waals surface area contributed by atoms with Crippen LogP contribution < -0.4 is 11.1 Å². The first-order valence-corrected chi connectivity index (χ1v) is 8.83. The first kappa shape index (κ1) is 18.6. The summed E-state index contributed by atoms with van der Waals surface area (Å²) in [6, 6.07) is 6.61. The van der Waals surface area contributed by atoms with Crippen LogP contribution in [0.1, 0.15) is 33.8 Å². The Labute approximate surface area is 156 Å². The minimum Gasteiger partial charge on any atom is -0.459 e. The van der Waals surface area contributed by atoms with Gasteiger partial charge in [0.05, 0.1) is 6.26 Å². The van der Waals surface area contributed by atoms with Gasteiger partial charge < -0.3 is 29.7 Å². The average Bonchev–Trinajstić information content (AvgIpc) is 3.36. The number of nitrogens with one attached hydrogen (secondary N) is 1. The summed E-state index contributed by atoms with van der Waals surface area (Å²) in [6.07, 6.45) is 1.50. The van der Waals surface area contributed by atoms with Crippen molar-refractivity contribution < 1.29 is 18.4 Å². The SMILES string of the molecule is CCNC(=NCc1ccc(C(N)=O)o1)N1CCN(C(=O)c2ccco2)CC1.